The average Bonchev–Trinajstić information content (AvgIpc) is 2.72. The standard InChI is InChI=1S/C21H25O/c22-21(17-19-12-6-2-7-13-19)15-9-3-8-14-20(21)16-18-10-4-1-5-11-18/h1-2,4-7,10-13,20H,3,8-9,14-17H2. The van der Waals surface area contributed by atoms with E-state index in [2.05, 4.69) is 36.4 Å². The molecule has 3 rings (SSSR count). The van der Waals surface area contributed by atoms with Gasteiger partial charge in [-0.15, -0.1) is 0 Å². The van der Waals surface area contributed by atoms with Crippen molar-refractivity contribution in [2.45, 2.75) is 50.5 Å². The molecule has 0 spiro atoms. The molecule has 115 valence electrons. The normalized spacial score (nSPS) is 25.6. The molecule has 1 nitrogen and oxygen atoms in total. The quantitative estimate of drug-likeness (QED) is 0.689. The predicted octanol–water partition coefficient (Wildman–Crippen LogP) is 5.22. The van der Waals surface area contributed by atoms with Crippen molar-refractivity contribution in [2.75, 3.05) is 0 Å². The van der Waals surface area contributed by atoms with E-state index in [-0.39, 0.29) is 5.92 Å². The van der Waals surface area contributed by atoms with Gasteiger partial charge < -0.3 is 0 Å². The minimum absolute atomic E-state index is 0.248. The van der Waals surface area contributed by atoms with Crippen LogP contribution in [0.4, 0.5) is 0 Å². The van der Waals surface area contributed by atoms with Crippen LogP contribution in [-0.2, 0) is 17.9 Å². The fraction of sp³-hybridized carbons (Fsp3) is 0.429. The fourth-order valence-corrected chi connectivity index (χ4v) is 3.82. The van der Waals surface area contributed by atoms with Crippen molar-refractivity contribution in [1.82, 2.24) is 0 Å². The summed E-state index contributed by atoms with van der Waals surface area (Å²) in [4.78, 5) is 0. The van der Waals surface area contributed by atoms with E-state index in [0.29, 0.717) is 6.42 Å². The maximum atomic E-state index is 13.6. The number of rotatable bonds is 4. The molecule has 1 radical (unpaired) electrons. The molecule has 0 aromatic heterocycles. The number of hydrogen-bond donors (Lipinski definition) is 0. The Kier molecular flexibility index (Phi) is 4.94. The second-order valence-corrected chi connectivity index (χ2v) is 6.71. The van der Waals surface area contributed by atoms with Crippen molar-refractivity contribution in [1.29, 1.82) is 0 Å². The lowest BCUT2D eigenvalue weighted by Crippen LogP contribution is -2.39. The Morgan fingerprint density at radius 3 is 2.14 bits per heavy atom. The van der Waals surface area contributed by atoms with Gasteiger partial charge >= 0.3 is 0 Å². The van der Waals surface area contributed by atoms with Gasteiger partial charge in [-0.25, -0.2) is 5.11 Å². The molecular weight excluding hydrogens is 268 g/mol. The molecule has 0 bridgehead atoms. The summed E-state index contributed by atoms with van der Waals surface area (Å²) in [5.41, 5.74) is 1.69. The van der Waals surface area contributed by atoms with Gasteiger partial charge in [0, 0.05) is 6.42 Å². The second-order valence-electron chi connectivity index (χ2n) is 6.71. The molecule has 1 saturated carbocycles. The van der Waals surface area contributed by atoms with Gasteiger partial charge in [0.2, 0.25) is 0 Å². The molecular formula is C21H25O. The minimum atomic E-state index is -0.812. The van der Waals surface area contributed by atoms with Crippen LogP contribution < -0.4 is 0 Å². The first-order valence-corrected chi connectivity index (χ1v) is 8.54. The van der Waals surface area contributed by atoms with Crippen LogP contribution in [0.15, 0.2) is 60.7 Å². The summed E-state index contributed by atoms with van der Waals surface area (Å²) in [5, 5.41) is 13.6. The predicted molar refractivity (Wildman–Crippen MR) is 90.3 cm³/mol. The highest BCUT2D eigenvalue weighted by Gasteiger charge is 2.39. The van der Waals surface area contributed by atoms with Crippen molar-refractivity contribution in [3.8, 4) is 0 Å². The van der Waals surface area contributed by atoms with Gasteiger partial charge in [-0.05, 0) is 36.3 Å². The molecule has 1 fully saturated rings. The highest BCUT2D eigenvalue weighted by Crippen LogP contribution is 2.37. The Balaban J connectivity index is 1.80. The molecule has 2 atom stereocenters. The first kappa shape index (κ1) is 15.3. The van der Waals surface area contributed by atoms with Gasteiger partial charge in [-0.1, -0.05) is 79.9 Å². The fourth-order valence-electron chi connectivity index (χ4n) is 3.82. The van der Waals surface area contributed by atoms with Crippen LogP contribution in [0, 0.1) is 5.92 Å². The summed E-state index contributed by atoms with van der Waals surface area (Å²) in [7, 11) is 0. The van der Waals surface area contributed by atoms with Crippen LogP contribution in [0.3, 0.4) is 0 Å². The first-order chi connectivity index (χ1) is 10.8. The smallest absolute Gasteiger partial charge is 0.111 e. The van der Waals surface area contributed by atoms with E-state index in [4.69, 9.17) is 0 Å². The maximum absolute atomic E-state index is 13.6. The SMILES string of the molecule is [O]C1(Cc2ccccc2)CCCCCC1Cc1ccccc1. The molecule has 0 heterocycles. The van der Waals surface area contributed by atoms with Crippen LogP contribution in [-0.4, -0.2) is 5.60 Å². The zero-order chi connectivity index (χ0) is 15.3. The summed E-state index contributed by atoms with van der Waals surface area (Å²) in [6.07, 6.45) is 7.00. The van der Waals surface area contributed by atoms with E-state index in [0.717, 1.165) is 25.7 Å². The largest absolute Gasteiger partial charge is 0.229 e. The van der Waals surface area contributed by atoms with Crippen molar-refractivity contribution >= 4 is 0 Å². The van der Waals surface area contributed by atoms with Crippen molar-refractivity contribution in [2.24, 2.45) is 5.92 Å². The molecule has 2 unspecified atom stereocenters. The summed E-state index contributed by atoms with van der Waals surface area (Å²) in [6, 6.07) is 20.8. The van der Waals surface area contributed by atoms with Crippen LogP contribution in [0.1, 0.15) is 43.2 Å². The lowest BCUT2D eigenvalue weighted by Gasteiger charge is -2.33. The van der Waals surface area contributed by atoms with Crippen LogP contribution in [0.2, 0.25) is 0 Å². The third-order valence-electron chi connectivity index (χ3n) is 5.07. The van der Waals surface area contributed by atoms with E-state index in [1.165, 1.54) is 24.0 Å². The van der Waals surface area contributed by atoms with Gasteiger partial charge in [-0.3, -0.25) is 0 Å². The second kappa shape index (κ2) is 7.11. The van der Waals surface area contributed by atoms with Crippen LogP contribution >= 0.6 is 0 Å². The molecule has 0 aliphatic heterocycles. The lowest BCUT2D eigenvalue weighted by atomic mass is 9.76. The molecule has 1 aliphatic carbocycles. The van der Waals surface area contributed by atoms with E-state index in [1.54, 1.807) is 0 Å². The van der Waals surface area contributed by atoms with Gasteiger partial charge in [-0.2, -0.15) is 0 Å². The molecule has 0 N–H and O–H groups in total. The van der Waals surface area contributed by atoms with Gasteiger partial charge in [0.25, 0.3) is 0 Å². The van der Waals surface area contributed by atoms with Gasteiger partial charge in [0.05, 0.1) is 0 Å². The molecule has 0 saturated heterocycles. The highest BCUT2D eigenvalue weighted by molar-refractivity contribution is 5.20. The monoisotopic (exact) mass is 293 g/mol. The Morgan fingerprint density at radius 1 is 0.818 bits per heavy atom. The van der Waals surface area contributed by atoms with Crippen molar-refractivity contribution in [3.05, 3.63) is 71.8 Å². The minimum Gasteiger partial charge on any atom is -0.229 e. The van der Waals surface area contributed by atoms with E-state index in [9.17, 15) is 5.11 Å². The summed E-state index contributed by atoms with van der Waals surface area (Å²) < 4.78 is 0. The summed E-state index contributed by atoms with van der Waals surface area (Å²) in [6.45, 7) is 0. The molecule has 2 aromatic carbocycles. The topological polar surface area (TPSA) is 19.9 Å². The molecule has 1 aliphatic rings. The Labute approximate surface area is 134 Å². The highest BCUT2D eigenvalue weighted by atomic mass is 16.3. The maximum Gasteiger partial charge on any atom is 0.111 e. The van der Waals surface area contributed by atoms with E-state index < -0.39 is 5.60 Å². The number of benzene rings is 2. The van der Waals surface area contributed by atoms with E-state index >= 15 is 0 Å². The molecule has 0 amide bonds. The van der Waals surface area contributed by atoms with Gasteiger partial charge in [0.15, 0.2) is 0 Å². The summed E-state index contributed by atoms with van der Waals surface area (Å²) in [5.74, 6) is 0.248. The average molecular weight is 293 g/mol. The van der Waals surface area contributed by atoms with Crippen LogP contribution in [0.5, 0.6) is 0 Å². The molecule has 2 aromatic rings. The third-order valence-corrected chi connectivity index (χ3v) is 5.07. The first-order valence-electron chi connectivity index (χ1n) is 8.54. The molecule has 22 heavy (non-hydrogen) atoms. The Bertz CT molecular complexity index is 563. The zero-order valence-corrected chi connectivity index (χ0v) is 13.2. The van der Waals surface area contributed by atoms with Crippen molar-refractivity contribution in [3.63, 3.8) is 0 Å². The molecule has 1 heteroatoms. The Hall–Kier alpha value is -1.60. The summed E-state index contributed by atoms with van der Waals surface area (Å²) >= 11 is 0. The third kappa shape index (κ3) is 3.78. The lowest BCUT2D eigenvalue weighted by molar-refractivity contribution is -0.0829. The Morgan fingerprint density at radius 2 is 1.45 bits per heavy atom. The van der Waals surface area contributed by atoms with E-state index in [1.807, 2.05) is 24.3 Å². The zero-order valence-electron chi connectivity index (χ0n) is 13.2. The number of hydrogen-bond acceptors (Lipinski definition) is 0. The van der Waals surface area contributed by atoms with Crippen LogP contribution in [0.25, 0.3) is 0 Å². The van der Waals surface area contributed by atoms with Gasteiger partial charge in [0.1, 0.15) is 5.60 Å². The van der Waals surface area contributed by atoms with Crippen molar-refractivity contribution < 1.29 is 5.11 Å².